The van der Waals surface area contributed by atoms with E-state index in [4.69, 9.17) is 11.6 Å². The lowest BCUT2D eigenvalue weighted by molar-refractivity contribution is 0.102. The van der Waals surface area contributed by atoms with Gasteiger partial charge >= 0.3 is 0 Å². The lowest BCUT2D eigenvalue weighted by Crippen LogP contribution is -2.25. The van der Waals surface area contributed by atoms with Crippen molar-refractivity contribution in [2.24, 2.45) is 0 Å². The molecular weight excluding hydrogens is 368 g/mol. The summed E-state index contributed by atoms with van der Waals surface area (Å²) in [5.74, 6) is -0.355. The van der Waals surface area contributed by atoms with Gasteiger partial charge in [0.25, 0.3) is 5.91 Å². The van der Waals surface area contributed by atoms with Gasteiger partial charge in [-0.25, -0.2) is 8.42 Å². The van der Waals surface area contributed by atoms with Crippen LogP contribution in [0.15, 0.2) is 47.4 Å². The fourth-order valence-corrected chi connectivity index (χ4v) is 3.19. The Balaban J connectivity index is 2.24. The minimum absolute atomic E-state index is 0.182. The molecule has 0 fully saturated rings. The highest BCUT2D eigenvalue weighted by Crippen LogP contribution is 2.26. The van der Waals surface area contributed by atoms with Gasteiger partial charge < -0.3 is 5.32 Å². The number of benzene rings is 2. The summed E-state index contributed by atoms with van der Waals surface area (Å²) in [6.45, 7) is 0. The lowest BCUT2D eigenvalue weighted by atomic mass is 10.2. The first-order valence-corrected chi connectivity index (χ1v) is 10.4. The number of rotatable bonds is 5. The van der Waals surface area contributed by atoms with Crippen LogP contribution in [0.5, 0.6) is 0 Å². The van der Waals surface area contributed by atoms with Gasteiger partial charge in [-0.2, -0.15) is 0 Å². The van der Waals surface area contributed by atoms with Crippen molar-refractivity contribution < 1.29 is 13.2 Å². The van der Waals surface area contributed by atoms with Crippen molar-refractivity contribution in [3.05, 3.63) is 53.1 Å². The molecule has 0 unspecified atom stereocenters. The predicted octanol–water partition coefficient (Wildman–Crippen LogP) is 3.71. The van der Waals surface area contributed by atoms with Gasteiger partial charge in [0.05, 0.1) is 22.5 Å². The standard InChI is InChI=1S/C16H17ClN2O3S2/c1-19(24(3,21)22)12-7-8-14(15(17)10-12)16(20)18-11-5-4-6-13(9-11)23-2/h4-10H,1-3H3,(H,18,20). The van der Waals surface area contributed by atoms with Crippen molar-refractivity contribution in [1.29, 1.82) is 0 Å². The molecule has 2 aromatic carbocycles. The third kappa shape index (κ3) is 4.43. The number of nitrogens with zero attached hydrogens (tertiary/aromatic N) is 1. The van der Waals surface area contributed by atoms with E-state index in [1.54, 1.807) is 23.9 Å². The molecule has 0 aliphatic rings. The monoisotopic (exact) mass is 384 g/mol. The molecule has 2 rings (SSSR count). The molecule has 0 radical (unpaired) electrons. The Kier molecular flexibility index (Phi) is 5.79. The molecule has 1 N–H and O–H groups in total. The van der Waals surface area contributed by atoms with E-state index in [0.717, 1.165) is 15.5 Å². The predicted molar refractivity (Wildman–Crippen MR) is 101 cm³/mol. The zero-order chi connectivity index (χ0) is 17.9. The van der Waals surface area contributed by atoms with Crippen LogP contribution in [0, 0.1) is 0 Å². The number of anilines is 2. The van der Waals surface area contributed by atoms with Crippen LogP contribution in [-0.2, 0) is 10.0 Å². The average molecular weight is 385 g/mol. The van der Waals surface area contributed by atoms with E-state index in [2.05, 4.69) is 5.32 Å². The molecule has 0 bridgehead atoms. The maximum Gasteiger partial charge on any atom is 0.257 e. The van der Waals surface area contributed by atoms with Crippen molar-refractivity contribution in [2.75, 3.05) is 29.2 Å². The summed E-state index contributed by atoms with van der Waals surface area (Å²) in [4.78, 5) is 13.4. The molecule has 5 nitrogen and oxygen atoms in total. The topological polar surface area (TPSA) is 66.5 Å². The highest BCUT2D eigenvalue weighted by molar-refractivity contribution is 7.98. The van der Waals surface area contributed by atoms with Crippen LogP contribution >= 0.6 is 23.4 Å². The maximum atomic E-state index is 12.4. The van der Waals surface area contributed by atoms with Gasteiger partial charge in [0.1, 0.15) is 0 Å². The number of amides is 1. The second kappa shape index (κ2) is 7.46. The Hall–Kier alpha value is -1.70. The van der Waals surface area contributed by atoms with E-state index in [0.29, 0.717) is 11.4 Å². The SMILES string of the molecule is CSc1cccc(NC(=O)c2ccc(N(C)S(C)(=O)=O)cc2Cl)c1. The van der Waals surface area contributed by atoms with Gasteiger partial charge in [0, 0.05) is 17.6 Å². The molecule has 0 saturated heterocycles. The van der Waals surface area contributed by atoms with Crippen LogP contribution in [0.1, 0.15) is 10.4 Å². The van der Waals surface area contributed by atoms with Crippen LogP contribution < -0.4 is 9.62 Å². The van der Waals surface area contributed by atoms with Crippen molar-refractivity contribution in [1.82, 2.24) is 0 Å². The van der Waals surface area contributed by atoms with Crippen molar-refractivity contribution in [3.8, 4) is 0 Å². The maximum absolute atomic E-state index is 12.4. The number of carbonyl (C=O) groups is 1. The van der Waals surface area contributed by atoms with Crippen LogP contribution in [0.4, 0.5) is 11.4 Å². The summed E-state index contributed by atoms with van der Waals surface area (Å²) in [7, 11) is -1.96. The summed E-state index contributed by atoms with van der Waals surface area (Å²) >= 11 is 7.73. The minimum atomic E-state index is -3.39. The fourth-order valence-electron chi connectivity index (χ4n) is 1.97. The molecule has 0 saturated carbocycles. The van der Waals surface area contributed by atoms with Gasteiger partial charge in [0.15, 0.2) is 0 Å². The first kappa shape index (κ1) is 18.6. The van der Waals surface area contributed by atoms with E-state index in [9.17, 15) is 13.2 Å². The van der Waals surface area contributed by atoms with Gasteiger partial charge in [-0.05, 0) is 42.7 Å². The molecule has 24 heavy (non-hydrogen) atoms. The highest BCUT2D eigenvalue weighted by Gasteiger charge is 2.16. The number of hydrogen-bond donors (Lipinski definition) is 1. The fraction of sp³-hybridized carbons (Fsp3) is 0.188. The summed E-state index contributed by atoms with van der Waals surface area (Å²) in [5, 5.41) is 2.97. The summed E-state index contributed by atoms with van der Waals surface area (Å²) in [6, 6.07) is 12.0. The van der Waals surface area contributed by atoms with E-state index in [1.165, 1.54) is 19.2 Å². The Morgan fingerprint density at radius 3 is 2.50 bits per heavy atom. The molecule has 0 atom stereocenters. The number of carbonyl (C=O) groups excluding carboxylic acids is 1. The van der Waals surface area contributed by atoms with Gasteiger partial charge in [-0.15, -0.1) is 11.8 Å². The number of nitrogens with one attached hydrogen (secondary N) is 1. The lowest BCUT2D eigenvalue weighted by Gasteiger charge is -2.17. The second-order valence-corrected chi connectivity index (χ2v) is 8.38. The van der Waals surface area contributed by atoms with Crippen molar-refractivity contribution >= 4 is 50.7 Å². The second-order valence-electron chi connectivity index (χ2n) is 5.08. The van der Waals surface area contributed by atoms with E-state index in [-0.39, 0.29) is 16.5 Å². The van der Waals surface area contributed by atoms with Crippen molar-refractivity contribution in [2.45, 2.75) is 4.90 Å². The van der Waals surface area contributed by atoms with E-state index >= 15 is 0 Å². The van der Waals surface area contributed by atoms with Gasteiger partial charge in [-0.3, -0.25) is 9.10 Å². The molecule has 0 aliphatic heterocycles. The molecule has 8 heteroatoms. The smallest absolute Gasteiger partial charge is 0.257 e. The molecular formula is C16H17ClN2O3S2. The van der Waals surface area contributed by atoms with Crippen LogP contribution in [0.3, 0.4) is 0 Å². The van der Waals surface area contributed by atoms with Crippen LogP contribution in [-0.4, -0.2) is 33.9 Å². The largest absolute Gasteiger partial charge is 0.322 e. The number of halogens is 1. The third-order valence-corrected chi connectivity index (χ3v) is 5.63. The zero-order valence-corrected chi connectivity index (χ0v) is 15.8. The number of thioether (sulfide) groups is 1. The summed E-state index contributed by atoms with van der Waals surface area (Å²) < 4.78 is 24.2. The molecule has 0 heterocycles. The minimum Gasteiger partial charge on any atom is -0.322 e. The molecule has 0 aromatic heterocycles. The average Bonchev–Trinajstić information content (AvgIpc) is 2.53. The number of hydrogen-bond acceptors (Lipinski definition) is 4. The Morgan fingerprint density at radius 2 is 1.92 bits per heavy atom. The Bertz CT molecular complexity index is 869. The highest BCUT2D eigenvalue weighted by atomic mass is 35.5. The zero-order valence-electron chi connectivity index (χ0n) is 13.4. The molecule has 0 spiro atoms. The molecule has 128 valence electrons. The van der Waals surface area contributed by atoms with E-state index in [1.807, 2.05) is 24.5 Å². The van der Waals surface area contributed by atoms with Crippen LogP contribution in [0.2, 0.25) is 5.02 Å². The van der Waals surface area contributed by atoms with Gasteiger partial charge in [-0.1, -0.05) is 17.7 Å². The normalized spacial score (nSPS) is 11.2. The first-order valence-electron chi connectivity index (χ1n) is 6.91. The Morgan fingerprint density at radius 1 is 1.21 bits per heavy atom. The van der Waals surface area contributed by atoms with E-state index < -0.39 is 10.0 Å². The Labute approximate surface area is 151 Å². The molecule has 1 amide bonds. The van der Waals surface area contributed by atoms with Crippen LogP contribution in [0.25, 0.3) is 0 Å². The first-order chi connectivity index (χ1) is 11.2. The summed E-state index contributed by atoms with van der Waals surface area (Å²) in [6.07, 6.45) is 3.05. The van der Waals surface area contributed by atoms with Gasteiger partial charge in [0.2, 0.25) is 10.0 Å². The summed E-state index contributed by atoms with van der Waals surface area (Å²) in [5.41, 5.74) is 1.33. The van der Waals surface area contributed by atoms with Crippen molar-refractivity contribution in [3.63, 3.8) is 0 Å². The molecule has 2 aromatic rings. The quantitative estimate of drug-likeness (QED) is 0.798. The third-order valence-electron chi connectivity index (χ3n) is 3.39. The number of sulfonamides is 1. The molecule has 0 aliphatic carbocycles.